The highest BCUT2D eigenvalue weighted by Crippen LogP contribution is 2.27. The topological polar surface area (TPSA) is 56.1 Å². The number of carbonyl (C=O) groups excluding carboxylic acids is 1. The van der Waals surface area contributed by atoms with Crippen LogP contribution in [0.5, 0.6) is 5.75 Å². The minimum absolute atomic E-state index is 0.0235. The molecule has 1 heterocycles. The van der Waals surface area contributed by atoms with Gasteiger partial charge >= 0.3 is 6.55 Å². The van der Waals surface area contributed by atoms with E-state index in [2.05, 4.69) is 10.3 Å². The second-order valence-corrected chi connectivity index (χ2v) is 6.17. The summed E-state index contributed by atoms with van der Waals surface area (Å²) >= 11 is 5.82. The van der Waals surface area contributed by atoms with Gasteiger partial charge in [0.05, 0.1) is 22.1 Å². The SMILES string of the molecule is CC(NC(=O)COc1ccc(F)cc1Cl)c1nc2ccccc2n1C(F)F. The van der Waals surface area contributed by atoms with Crippen molar-refractivity contribution in [1.82, 2.24) is 14.9 Å². The lowest BCUT2D eigenvalue weighted by molar-refractivity contribution is -0.123. The average molecular weight is 398 g/mol. The van der Waals surface area contributed by atoms with E-state index in [-0.39, 0.29) is 22.1 Å². The van der Waals surface area contributed by atoms with Crippen molar-refractivity contribution < 1.29 is 22.7 Å². The third kappa shape index (κ3) is 4.16. The molecule has 1 N–H and O–H groups in total. The molecule has 0 bridgehead atoms. The number of imidazole rings is 1. The van der Waals surface area contributed by atoms with Crippen LogP contribution < -0.4 is 10.1 Å². The zero-order valence-corrected chi connectivity index (χ0v) is 14.9. The molecule has 0 saturated carbocycles. The highest BCUT2D eigenvalue weighted by Gasteiger charge is 2.23. The van der Waals surface area contributed by atoms with E-state index in [1.54, 1.807) is 25.1 Å². The Kier molecular flexibility index (Phi) is 5.55. The van der Waals surface area contributed by atoms with Crippen molar-refractivity contribution in [3.63, 3.8) is 0 Å². The van der Waals surface area contributed by atoms with Gasteiger partial charge in [-0.3, -0.25) is 9.36 Å². The first kappa shape index (κ1) is 19.0. The molecule has 3 aromatic rings. The van der Waals surface area contributed by atoms with Gasteiger partial charge in [0.15, 0.2) is 6.61 Å². The molecule has 0 fully saturated rings. The normalized spacial score (nSPS) is 12.4. The number of ether oxygens (including phenoxy) is 1. The summed E-state index contributed by atoms with van der Waals surface area (Å²) in [6.07, 6.45) is 0. The van der Waals surface area contributed by atoms with Crippen LogP contribution in [0.25, 0.3) is 11.0 Å². The second kappa shape index (κ2) is 7.87. The number of halogens is 4. The van der Waals surface area contributed by atoms with Gasteiger partial charge < -0.3 is 10.1 Å². The molecule has 142 valence electrons. The van der Waals surface area contributed by atoms with Gasteiger partial charge in [0.1, 0.15) is 17.4 Å². The lowest BCUT2D eigenvalue weighted by atomic mass is 10.3. The zero-order chi connectivity index (χ0) is 19.6. The quantitative estimate of drug-likeness (QED) is 0.667. The standard InChI is InChI=1S/C18H15ClF3N3O2/c1-10(17-24-13-4-2-3-5-14(13)25(17)18(21)22)23-16(26)9-27-15-7-6-11(20)8-12(15)19/h2-8,10,18H,9H2,1H3,(H,23,26). The first-order valence-corrected chi connectivity index (χ1v) is 8.37. The van der Waals surface area contributed by atoms with Crippen molar-refractivity contribution in [1.29, 1.82) is 0 Å². The van der Waals surface area contributed by atoms with E-state index in [9.17, 15) is 18.0 Å². The molecule has 1 unspecified atom stereocenters. The van der Waals surface area contributed by atoms with E-state index in [0.29, 0.717) is 5.52 Å². The Bertz CT molecular complexity index is 978. The van der Waals surface area contributed by atoms with Gasteiger partial charge in [-0.2, -0.15) is 8.78 Å². The number of fused-ring (bicyclic) bond motifs is 1. The molecule has 27 heavy (non-hydrogen) atoms. The van der Waals surface area contributed by atoms with Crippen LogP contribution in [0, 0.1) is 5.82 Å². The number of carbonyl (C=O) groups is 1. The van der Waals surface area contributed by atoms with Gasteiger partial charge in [0.25, 0.3) is 5.91 Å². The third-order valence-corrected chi connectivity index (χ3v) is 4.13. The third-order valence-electron chi connectivity index (χ3n) is 3.84. The molecule has 5 nitrogen and oxygen atoms in total. The van der Waals surface area contributed by atoms with Crippen molar-refractivity contribution in [2.45, 2.75) is 19.5 Å². The summed E-state index contributed by atoms with van der Waals surface area (Å²) in [7, 11) is 0. The lowest BCUT2D eigenvalue weighted by Gasteiger charge is -2.16. The number of nitrogens with one attached hydrogen (secondary N) is 1. The van der Waals surface area contributed by atoms with Gasteiger partial charge in [0.2, 0.25) is 0 Å². The first-order chi connectivity index (χ1) is 12.9. The van der Waals surface area contributed by atoms with Gasteiger partial charge in [0, 0.05) is 0 Å². The number of benzene rings is 2. The maximum Gasteiger partial charge on any atom is 0.320 e. The molecule has 1 atom stereocenters. The Morgan fingerprint density at radius 2 is 2.04 bits per heavy atom. The Hall–Kier alpha value is -2.74. The number of rotatable bonds is 6. The Labute approximate surface area is 157 Å². The molecule has 1 aromatic heterocycles. The first-order valence-electron chi connectivity index (χ1n) is 7.99. The van der Waals surface area contributed by atoms with Gasteiger partial charge in [-0.1, -0.05) is 23.7 Å². The van der Waals surface area contributed by atoms with E-state index in [1.165, 1.54) is 12.1 Å². The summed E-state index contributed by atoms with van der Waals surface area (Å²) < 4.78 is 46.0. The smallest absolute Gasteiger partial charge is 0.320 e. The Balaban J connectivity index is 1.71. The summed E-state index contributed by atoms with van der Waals surface area (Å²) in [5.41, 5.74) is 0.682. The van der Waals surface area contributed by atoms with Crippen molar-refractivity contribution in [2.75, 3.05) is 6.61 Å². The maximum absolute atomic E-state index is 13.5. The molecular formula is C18H15ClF3N3O2. The fourth-order valence-electron chi connectivity index (χ4n) is 2.66. The van der Waals surface area contributed by atoms with Crippen LogP contribution in [0.2, 0.25) is 5.02 Å². The molecule has 0 aliphatic heterocycles. The minimum atomic E-state index is -2.80. The number of para-hydroxylation sites is 2. The van der Waals surface area contributed by atoms with Crippen molar-refractivity contribution in [2.24, 2.45) is 0 Å². The highest BCUT2D eigenvalue weighted by atomic mass is 35.5. The molecule has 9 heteroatoms. The number of amides is 1. The predicted molar refractivity (Wildman–Crippen MR) is 94.4 cm³/mol. The fourth-order valence-corrected chi connectivity index (χ4v) is 2.88. The summed E-state index contributed by atoms with van der Waals surface area (Å²) in [5, 5.41) is 2.58. The van der Waals surface area contributed by atoms with Crippen LogP contribution in [-0.4, -0.2) is 22.1 Å². The van der Waals surface area contributed by atoms with E-state index in [0.717, 1.165) is 16.7 Å². The number of nitrogens with zero attached hydrogens (tertiary/aromatic N) is 2. The van der Waals surface area contributed by atoms with Crippen LogP contribution in [0.3, 0.4) is 0 Å². The second-order valence-electron chi connectivity index (χ2n) is 5.76. The van der Waals surface area contributed by atoms with E-state index < -0.39 is 30.9 Å². The van der Waals surface area contributed by atoms with Crippen molar-refractivity contribution >= 4 is 28.5 Å². The molecule has 0 spiro atoms. The van der Waals surface area contributed by atoms with E-state index in [1.807, 2.05) is 0 Å². The number of alkyl halides is 2. The number of hydrogen-bond acceptors (Lipinski definition) is 3. The summed E-state index contributed by atoms with van der Waals surface area (Å²) in [6.45, 7) is -1.67. The van der Waals surface area contributed by atoms with Crippen LogP contribution in [0.1, 0.15) is 25.3 Å². The Morgan fingerprint density at radius 1 is 1.30 bits per heavy atom. The fraction of sp³-hybridized carbons (Fsp3) is 0.222. The molecular weight excluding hydrogens is 383 g/mol. The molecule has 0 aliphatic rings. The summed E-state index contributed by atoms with van der Waals surface area (Å²) in [5.74, 6) is -0.924. The van der Waals surface area contributed by atoms with E-state index in [4.69, 9.17) is 16.3 Å². The molecule has 0 aliphatic carbocycles. The molecule has 3 rings (SSSR count). The molecule has 0 radical (unpaired) electrons. The minimum Gasteiger partial charge on any atom is -0.482 e. The zero-order valence-electron chi connectivity index (χ0n) is 14.1. The van der Waals surface area contributed by atoms with Gasteiger partial charge in [-0.15, -0.1) is 0 Å². The summed E-state index contributed by atoms with van der Waals surface area (Å²) in [6, 6.07) is 9.19. The largest absolute Gasteiger partial charge is 0.482 e. The van der Waals surface area contributed by atoms with Crippen LogP contribution in [0.15, 0.2) is 42.5 Å². The molecule has 2 aromatic carbocycles. The van der Waals surface area contributed by atoms with E-state index >= 15 is 0 Å². The van der Waals surface area contributed by atoms with Crippen LogP contribution in [-0.2, 0) is 4.79 Å². The predicted octanol–water partition coefficient (Wildman–Crippen LogP) is 4.48. The van der Waals surface area contributed by atoms with Crippen LogP contribution in [0.4, 0.5) is 13.2 Å². The number of hydrogen-bond donors (Lipinski definition) is 1. The monoisotopic (exact) mass is 397 g/mol. The summed E-state index contributed by atoms with van der Waals surface area (Å²) in [4.78, 5) is 16.3. The lowest BCUT2D eigenvalue weighted by Crippen LogP contribution is -2.32. The average Bonchev–Trinajstić information content (AvgIpc) is 3.01. The highest BCUT2D eigenvalue weighted by molar-refractivity contribution is 6.32. The Morgan fingerprint density at radius 3 is 2.74 bits per heavy atom. The van der Waals surface area contributed by atoms with Crippen molar-refractivity contribution in [3.8, 4) is 5.75 Å². The van der Waals surface area contributed by atoms with Crippen molar-refractivity contribution in [3.05, 3.63) is 59.1 Å². The molecule has 0 saturated heterocycles. The molecule has 1 amide bonds. The van der Waals surface area contributed by atoms with Gasteiger partial charge in [-0.05, 0) is 37.3 Å². The number of aromatic nitrogens is 2. The maximum atomic E-state index is 13.5. The van der Waals surface area contributed by atoms with Gasteiger partial charge in [-0.25, -0.2) is 9.37 Å². The van der Waals surface area contributed by atoms with Crippen LogP contribution >= 0.6 is 11.6 Å².